The van der Waals surface area contributed by atoms with Crippen LogP contribution in [-0.2, 0) is 0 Å². The first-order valence-corrected chi connectivity index (χ1v) is 7.76. The van der Waals surface area contributed by atoms with Crippen LogP contribution in [-0.4, -0.2) is 7.11 Å². The van der Waals surface area contributed by atoms with Crippen LogP contribution in [0.25, 0.3) is 0 Å². The first kappa shape index (κ1) is 17.0. The number of ether oxygens (including phenoxy) is 1. The van der Waals surface area contributed by atoms with Crippen LogP contribution in [0.2, 0.25) is 0 Å². The maximum atomic E-state index is 5.80. The number of benzene rings is 1. The van der Waals surface area contributed by atoms with E-state index in [-0.39, 0.29) is 6.04 Å². The largest absolute Gasteiger partial charge is 0.496 e. The van der Waals surface area contributed by atoms with E-state index in [2.05, 4.69) is 38.3 Å². The molecule has 0 aliphatic rings. The van der Waals surface area contributed by atoms with Crippen LogP contribution >= 0.6 is 0 Å². The third-order valence-corrected chi connectivity index (χ3v) is 4.07. The molecule has 0 aromatic heterocycles. The topological polar surface area (TPSA) is 47.3 Å². The summed E-state index contributed by atoms with van der Waals surface area (Å²) in [7, 11) is 1.72. The van der Waals surface area contributed by atoms with Gasteiger partial charge in [-0.15, -0.1) is 0 Å². The Bertz CT molecular complexity index is 393. The number of rotatable bonds is 9. The van der Waals surface area contributed by atoms with Crippen molar-refractivity contribution in [2.75, 3.05) is 7.11 Å². The highest BCUT2D eigenvalue weighted by Crippen LogP contribution is 2.32. The van der Waals surface area contributed by atoms with E-state index in [0.717, 1.165) is 12.2 Å². The molecule has 0 bridgehead atoms. The fourth-order valence-corrected chi connectivity index (χ4v) is 2.73. The molecule has 3 N–H and O–H groups in total. The maximum absolute atomic E-state index is 5.80. The van der Waals surface area contributed by atoms with E-state index in [1.807, 2.05) is 6.07 Å². The summed E-state index contributed by atoms with van der Waals surface area (Å²) in [5, 5.41) is 0. The summed E-state index contributed by atoms with van der Waals surface area (Å²) in [6, 6.07) is 6.44. The van der Waals surface area contributed by atoms with Crippen LogP contribution in [0, 0.1) is 12.8 Å². The van der Waals surface area contributed by atoms with Crippen LogP contribution in [0.15, 0.2) is 18.2 Å². The van der Waals surface area contributed by atoms with E-state index in [4.69, 9.17) is 10.6 Å². The number of methoxy groups -OCH3 is 1. The van der Waals surface area contributed by atoms with Gasteiger partial charge >= 0.3 is 0 Å². The Balaban J connectivity index is 2.86. The lowest BCUT2D eigenvalue weighted by Crippen LogP contribution is -2.30. The van der Waals surface area contributed by atoms with Crippen molar-refractivity contribution in [1.82, 2.24) is 5.43 Å². The van der Waals surface area contributed by atoms with Gasteiger partial charge in [0, 0.05) is 11.6 Å². The van der Waals surface area contributed by atoms with Crippen LogP contribution in [0.5, 0.6) is 5.75 Å². The Morgan fingerprint density at radius 3 is 2.60 bits per heavy atom. The van der Waals surface area contributed by atoms with Gasteiger partial charge in [0.1, 0.15) is 5.75 Å². The molecule has 114 valence electrons. The summed E-state index contributed by atoms with van der Waals surface area (Å²) in [6.45, 7) is 6.61. The Morgan fingerprint density at radius 1 is 1.30 bits per heavy atom. The van der Waals surface area contributed by atoms with Crippen LogP contribution in [0.1, 0.15) is 63.1 Å². The zero-order chi connectivity index (χ0) is 15.0. The highest BCUT2D eigenvalue weighted by atomic mass is 16.5. The summed E-state index contributed by atoms with van der Waals surface area (Å²) >= 11 is 0. The standard InChI is InChI=1S/C17H30N2O/c1-5-7-8-14(6-2)12-16(19-18)15-11-13(3)9-10-17(15)20-4/h9-11,14,16,19H,5-8,12,18H2,1-4H3. The second-order valence-electron chi connectivity index (χ2n) is 5.62. The lowest BCUT2D eigenvalue weighted by molar-refractivity contribution is 0.343. The minimum atomic E-state index is 0.159. The SMILES string of the molecule is CCCCC(CC)CC(NN)c1cc(C)ccc1OC. The van der Waals surface area contributed by atoms with Crippen molar-refractivity contribution in [3.8, 4) is 5.75 Å². The molecule has 2 atom stereocenters. The van der Waals surface area contributed by atoms with Gasteiger partial charge in [0.15, 0.2) is 0 Å². The predicted molar refractivity (Wildman–Crippen MR) is 85.7 cm³/mol. The number of hydrogen-bond acceptors (Lipinski definition) is 3. The summed E-state index contributed by atoms with van der Waals surface area (Å²) in [5.41, 5.74) is 5.39. The summed E-state index contributed by atoms with van der Waals surface area (Å²) < 4.78 is 5.48. The summed E-state index contributed by atoms with van der Waals surface area (Å²) in [6.07, 6.45) is 6.09. The lowest BCUT2D eigenvalue weighted by atomic mass is 9.89. The summed E-state index contributed by atoms with van der Waals surface area (Å²) in [4.78, 5) is 0. The number of nitrogens with two attached hydrogens (primary N) is 1. The Morgan fingerprint density at radius 2 is 2.05 bits per heavy atom. The van der Waals surface area contributed by atoms with Crippen LogP contribution in [0.3, 0.4) is 0 Å². The van der Waals surface area contributed by atoms with Gasteiger partial charge in [-0.3, -0.25) is 11.3 Å². The van der Waals surface area contributed by atoms with Gasteiger partial charge in [0.2, 0.25) is 0 Å². The van der Waals surface area contributed by atoms with E-state index in [1.54, 1.807) is 7.11 Å². The molecular weight excluding hydrogens is 248 g/mol. The molecular formula is C17H30N2O. The van der Waals surface area contributed by atoms with Crippen molar-refractivity contribution in [3.05, 3.63) is 29.3 Å². The van der Waals surface area contributed by atoms with Crippen molar-refractivity contribution in [2.24, 2.45) is 11.8 Å². The molecule has 2 unspecified atom stereocenters. The van der Waals surface area contributed by atoms with E-state index < -0.39 is 0 Å². The predicted octanol–water partition coefficient (Wildman–Crippen LogP) is 4.11. The average Bonchev–Trinajstić information content (AvgIpc) is 2.47. The monoisotopic (exact) mass is 278 g/mol. The Labute approximate surface area is 123 Å². The van der Waals surface area contributed by atoms with Gasteiger partial charge in [-0.2, -0.15) is 0 Å². The van der Waals surface area contributed by atoms with Crippen molar-refractivity contribution in [1.29, 1.82) is 0 Å². The number of hydrazine groups is 1. The van der Waals surface area contributed by atoms with Crippen molar-refractivity contribution >= 4 is 0 Å². The molecule has 0 aliphatic carbocycles. The van der Waals surface area contributed by atoms with E-state index >= 15 is 0 Å². The van der Waals surface area contributed by atoms with Crippen LogP contribution < -0.4 is 16.0 Å². The molecule has 0 radical (unpaired) electrons. The molecule has 0 saturated carbocycles. The molecule has 0 amide bonds. The zero-order valence-electron chi connectivity index (χ0n) is 13.4. The fraction of sp³-hybridized carbons (Fsp3) is 0.647. The highest BCUT2D eigenvalue weighted by molar-refractivity contribution is 5.39. The lowest BCUT2D eigenvalue weighted by Gasteiger charge is -2.24. The van der Waals surface area contributed by atoms with Gasteiger partial charge in [-0.05, 0) is 25.3 Å². The number of hydrogen-bond donors (Lipinski definition) is 2. The first-order valence-electron chi connectivity index (χ1n) is 7.76. The molecule has 1 aromatic rings. The zero-order valence-corrected chi connectivity index (χ0v) is 13.4. The van der Waals surface area contributed by atoms with Crippen molar-refractivity contribution in [2.45, 2.75) is 58.9 Å². The molecule has 20 heavy (non-hydrogen) atoms. The third-order valence-electron chi connectivity index (χ3n) is 4.07. The molecule has 0 saturated heterocycles. The second kappa shape index (κ2) is 8.98. The molecule has 3 heteroatoms. The van der Waals surface area contributed by atoms with Gasteiger partial charge in [-0.25, -0.2) is 0 Å². The second-order valence-corrected chi connectivity index (χ2v) is 5.62. The van der Waals surface area contributed by atoms with E-state index in [1.165, 1.54) is 36.8 Å². The van der Waals surface area contributed by atoms with E-state index in [9.17, 15) is 0 Å². The molecule has 1 rings (SSSR count). The first-order chi connectivity index (χ1) is 9.65. The van der Waals surface area contributed by atoms with Gasteiger partial charge in [0.05, 0.1) is 7.11 Å². The normalized spacial score (nSPS) is 14.1. The van der Waals surface area contributed by atoms with Gasteiger partial charge in [0.25, 0.3) is 0 Å². The fourth-order valence-electron chi connectivity index (χ4n) is 2.73. The van der Waals surface area contributed by atoms with E-state index in [0.29, 0.717) is 5.92 Å². The average molecular weight is 278 g/mol. The molecule has 0 spiro atoms. The molecule has 1 aromatic carbocycles. The smallest absolute Gasteiger partial charge is 0.123 e. The Kier molecular flexibility index (Phi) is 7.63. The van der Waals surface area contributed by atoms with Crippen molar-refractivity contribution in [3.63, 3.8) is 0 Å². The molecule has 0 fully saturated rings. The quantitative estimate of drug-likeness (QED) is 0.528. The number of aryl methyl sites for hydroxylation is 1. The molecule has 0 aliphatic heterocycles. The number of nitrogens with one attached hydrogen (secondary N) is 1. The molecule has 0 heterocycles. The van der Waals surface area contributed by atoms with Crippen LogP contribution in [0.4, 0.5) is 0 Å². The minimum absolute atomic E-state index is 0.159. The van der Waals surface area contributed by atoms with Gasteiger partial charge < -0.3 is 4.74 Å². The Hall–Kier alpha value is -1.06. The maximum Gasteiger partial charge on any atom is 0.123 e. The summed E-state index contributed by atoms with van der Waals surface area (Å²) in [5.74, 6) is 7.43. The van der Waals surface area contributed by atoms with Crippen molar-refractivity contribution < 1.29 is 4.74 Å². The third kappa shape index (κ3) is 4.80. The minimum Gasteiger partial charge on any atom is -0.496 e. The number of unbranched alkanes of at least 4 members (excludes halogenated alkanes) is 1. The van der Waals surface area contributed by atoms with Gasteiger partial charge in [-0.1, -0.05) is 57.2 Å². The highest BCUT2D eigenvalue weighted by Gasteiger charge is 2.19. The molecule has 3 nitrogen and oxygen atoms in total.